The van der Waals surface area contributed by atoms with Crippen molar-refractivity contribution in [3.05, 3.63) is 71.4 Å². The number of hydrogen-bond acceptors (Lipinski definition) is 1. The molecular formula is C20H23N2O+. The predicted octanol–water partition coefficient (Wildman–Crippen LogP) is 4.67. The summed E-state index contributed by atoms with van der Waals surface area (Å²) in [6.45, 7) is 8.24. The Kier molecular flexibility index (Phi) is 3.95. The fourth-order valence-corrected chi connectivity index (χ4v) is 3.01. The average molecular weight is 307 g/mol. The molecule has 0 saturated heterocycles. The summed E-state index contributed by atoms with van der Waals surface area (Å²) >= 11 is 0. The Morgan fingerprint density at radius 1 is 0.870 bits per heavy atom. The van der Waals surface area contributed by atoms with Crippen LogP contribution in [0.4, 0.5) is 11.4 Å². The first-order valence-corrected chi connectivity index (χ1v) is 7.94. The van der Waals surface area contributed by atoms with E-state index in [2.05, 4.69) is 51.1 Å². The Morgan fingerprint density at radius 2 is 1.39 bits per heavy atom. The van der Waals surface area contributed by atoms with Gasteiger partial charge in [0, 0.05) is 6.08 Å². The van der Waals surface area contributed by atoms with Gasteiger partial charge in [0.2, 0.25) is 0 Å². The highest BCUT2D eigenvalue weighted by molar-refractivity contribution is 5.91. The van der Waals surface area contributed by atoms with Crippen LogP contribution in [0, 0.1) is 13.8 Å². The van der Waals surface area contributed by atoms with Gasteiger partial charge < -0.3 is 5.11 Å². The Hall–Kier alpha value is -2.55. The van der Waals surface area contributed by atoms with Crippen molar-refractivity contribution in [3.63, 3.8) is 0 Å². The summed E-state index contributed by atoms with van der Waals surface area (Å²) in [7, 11) is 0. The van der Waals surface area contributed by atoms with Crippen LogP contribution in [0.3, 0.4) is 0 Å². The zero-order valence-corrected chi connectivity index (χ0v) is 14.1. The second kappa shape index (κ2) is 5.92. The van der Waals surface area contributed by atoms with Crippen LogP contribution in [-0.4, -0.2) is 21.7 Å². The third-order valence-corrected chi connectivity index (χ3v) is 4.26. The highest BCUT2D eigenvalue weighted by atomic mass is 16.3. The molecule has 0 saturated carbocycles. The van der Waals surface area contributed by atoms with E-state index >= 15 is 0 Å². The number of aliphatic hydroxyl groups is 1. The van der Waals surface area contributed by atoms with Crippen LogP contribution in [-0.2, 0) is 0 Å². The molecule has 3 heteroatoms. The molecule has 0 unspecified atom stereocenters. The molecule has 0 bridgehead atoms. The molecule has 1 heterocycles. The van der Waals surface area contributed by atoms with Gasteiger partial charge in [0.05, 0.1) is 0 Å². The van der Waals surface area contributed by atoms with Gasteiger partial charge in [-0.3, -0.25) is 0 Å². The minimum Gasteiger partial charge on any atom is -0.446 e. The zero-order chi connectivity index (χ0) is 16.6. The van der Waals surface area contributed by atoms with Crippen molar-refractivity contribution in [1.29, 1.82) is 0 Å². The van der Waals surface area contributed by atoms with Crippen molar-refractivity contribution in [2.75, 3.05) is 4.90 Å². The van der Waals surface area contributed by atoms with Crippen molar-refractivity contribution >= 4 is 17.4 Å². The molecule has 2 aromatic rings. The molecule has 0 spiro atoms. The number of benzene rings is 2. The van der Waals surface area contributed by atoms with Crippen LogP contribution in [0.1, 0.15) is 25.0 Å². The third kappa shape index (κ3) is 2.87. The summed E-state index contributed by atoms with van der Waals surface area (Å²) in [5.41, 5.74) is 5.39. The Morgan fingerprint density at radius 3 is 1.96 bits per heavy atom. The third-order valence-electron chi connectivity index (χ3n) is 4.26. The normalized spacial score (nSPS) is 18.2. The highest BCUT2D eigenvalue weighted by Crippen LogP contribution is 2.27. The maximum atomic E-state index is 10.9. The summed E-state index contributed by atoms with van der Waals surface area (Å²) in [5, 5.41) is 10.9. The van der Waals surface area contributed by atoms with E-state index in [-0.39, 0.29) is 12.1 Å². The van der Waals surface area contributed by atoms with Crippen LogP contribution >= 0.6 is 0 Å². The summed E-state index contributed by atoms with van der Waals surface area (Å²) in [6, 6.07) is 16.7. The summed E-state index contributed by atoms with van der Waals surface area (Å²) < 4.78 is 1.95. The molecule has 2 aromatic carbocycles. The van der Waals surface area contributed by atoms with Gasteiger partial charge in [0.15, 0.2) is 0 Å². The van der Waals surface area contributed by atoms with E-state index in [1.54, 1.807) is 0 Å². The molecule has 1 aliphatic rings. The largest absolute Gasteiger partial charge is 0.459 e. The minimum absolute atomic E-state index is 0.0967. The topological polar surface area (TPSA) is 26.5 Å². The molecule has 0 fully saturated rings. The number of amidine groups is 1. The number of rotatable bonds is 2. The smallest absolute Gasteiger partial charge is 0.446 e. The molecular weight excluding hydrogens is 284 g/mol. The van der Waals surface area contributed by atoms with Crippen LogP contribution in [0.5, 0.6) is 0 Å². The Balaban J connectivity index is 2.10. The fourth-order valence-electron chi connectivity index (χ4n) is 3.01. The lowest BCUT2D eigenvalue weighted by Crippen LogP contribution is -2.42. The van der Waals surface area contributed by atoms with E-state index in [0.29, 0.717) is 0 Å². The van der Waals surface area contributed by atoms with Gasteiger partial charge in [0.1, 0.15) is 23.1 Å². The predicted molar refractivity (Wildman–Crippen MR) is 95.6 cm³/mol. The fraction of sp³-hybridized carbons (Fsp3) is 0.250. The van der Waals surface area contributed by atoms with Crippen molar-refractivity contribution < 1.29 is 9.68 Å². The maximum absolute atomic E-state index is 10.9. The molecule has 0 aromatic heterocycles. The van der Waals surface area contributed by atoms with E-state index in [1.807, 2.05) is 40.7 Å². The Labute approximate surface area is 137 Å². The number of allylic oxidation sites excluding steroid dienone is 1. The molecule has 1 N–H and O–H groups in total. The first-order chi connectivity index (χ1) is 11.0. The zero-order valence-electron chi connectivity index (χ0n) is 14.1. The molecule has 1 atom stereocenters. The number of hydrogen-bond donors (Lipinski definition) is 1. The number of nitrogens with zero attached hydrogens (tertiary/aromatic N) is 2. The molecule has 23 heavy (non-hydrogen) atoms. The first-order valence-electron chi connectivity index (χ1n) is 7.94. The molecule has 118 valence electrons. The standard InChI is InChI=1S/C20H22N2O/c1-14-5-9-18(10-6-14)21-16(3)13-17(4)22(20(21)23)19-11-7-15(2)8-12-19/h5-13,16H,1-4H3/p+1/t16-/m0/s1. The van der Waals surface area contributed by atoms with Gasteiger partial charge in [-0.25, -0.2) is 0 Å². The molecule has 0 amide bonds. The molecule has 3 nitrogen and oxygen atoms in total. The number of aryl methyl sites for hydroxylation is 2. The van der Waals surface area contributed by atoms with Gasteiger partial charge in [-0.1, -0.05) is 35.4 Å². The van der Waals surface area contributed by atoms with Gasteiger partial charge in [0.25, 0.3) is 0 Å². The molecule has 1 aliphatic heterocycles. The average Bonchev–Trinajstić information content (AvgIpc) is 2.50. The SMILES string of the molecule is CC1=C[C@H](C)[N+](c2ccc(C)cc2)=C(O)N1c1ccc(C)cc1. The first kappa shape index (κ1) is 15.3. The number of aliphatic hydroxyl groups excluding tert-OH is 1. The van der Waals surface area contributed by atoms with Crippen molar-refractivity contribution in [2.24, 2.45) is 0 Å². The van der Waals surface area contributed by atoms with E-state index in [4.69, 9.17) is 0 Å². The second-order valence-electron chi connectivity index (χ2n) is 6.23. The lowest BCUT2D eigenvalue weighted by molar-refractivity contribution is -0.478. The highest BCUT2D eigenvalue weighted by Gasteiger charge is 2.34. The van der Waals surface area contributed by atoms with Gasteiger partial charge in [-0.2, -0.15) is 9.48 Å². The summed E-state index contributed by atoms with van der Waals surface area (Å²) in [6.07, 6.45) is 2.17. The maximum Gasteiger partial charge on any atom is 0.459 e. The molecule has 0 aliphatic carbocycles. The second-order valence-corrected chi connectivity index (χ2v) is 6.23. The summed E-state index contributed by atoms with van der Waals surface area (Å²) in [4.78, 5) is 1.89. The number of anilines is 1. The van der Waals surface area contributed by atoms with Crippen molar-refractivity contribution in [1.82, 2.24) is 0 Å². The van der Waals surface area contributed by atoms with Crippen LogP contribution < -0.4 is 4.90 Å². The van der Waals surface area contributed by atoms with E-state index in [1.165, 1.54) is 11.1 Å². The summed E-state index contributed by atoms with van der Waals surface area (Å²) in [5.74, 6) is 0. The minimum atomic E-state index is 0.0967. The quantitative estimate of drug-likeness (QED) is 0.816. The van der Waals surface area contributed by atoms with E-state index < -0.39 is 0 Å². The molecule has 3 rings (SSSR count). The van der Waals surface area contributed by atoms with Gasteiger partial charge in [-0.15, -0.1) is 0 Å². The van der Waals surface area contributed by atoms with Gasteiger partial charge in [-0.05, 0) is 52.0 Å². The van der Waals surface area contributed by atoms with Crippen molar-refractivity contribution in [3.8, 4) is 0 Å². The van der Waals surface area contributed by atoms with Gasteiger partial charge >= 0.3 is 6.02 Å². The van der Waals surface area contributed by atoms with Crippen LogP contribution in [0.15, 0.2) is 60.3 Å². The lowest BCUT2D eigenvalue weighted by atomic mass is 10.1. The monoisotopic (exact) mass is 307 g/mol. The van der Waals surface area contributed by atoms with E-state index in [9.17, 15) is 5.11 Å². The Bertz CT molecular complexity index is 770. The lowest BCUT2D eigenvalue weighted by Gasteiger charge is -2.25. The van der Waals surface area contributed by atoms with Crippen LogP contribution in [0.2, 0.25) is 0 Å². The van der Waals surface area contributed by atoms with Crippen molar-refractivity contribution in [2.45, 2.75) is 33.7 Å². The van der Waals surface area contributed by atoms with E-state index in [0.717, 1.165) is 17.1 Å². The molecule has 0 radical (unpaired) electrons. The van der Waals surface area contributed by atoms with Crippen LogP contribution in [0.25, 0.3) is 0 Å².